The fourth-order valence-electron chi connectivity index (χ4n) is 1.52. The highest BCUT2D eigenvalue weighted by Gasteiger charge is 1.99. The molecule has 0 atom stereocenters. The molecule has 2 aromatic carbocycles. The summed E-state index contributed by atoms with van der Waals surface area (Å²) in [7, 11) is 0. The van der Waals surface area contributed by atoms with Crippen LogP contribution < -0.4 is 5.32 Å². The van der Waals surface area contributed by atoms with E-state index in [9.17, 15) is 0 Å². The molecule has 0 bridgehead atoms. The zero-order valence-electron chi connectivity index (χ0n) is 8.91. The molecule has 2 aromatic rings. The summed E-state index contributed by atoms with van der Waals surface area (Å²) >= 11 is 3.53. The molecule has 0 saturated heterocycles. The van der Waals surface area contributed by atoms with Crippen molar-refractivity contribution in [2.45, 2.75) is 6.54 Å². The van der Waals surface area contributed by atoms with E-state index in [1.54, 1.807) is 0 Å². The average Bonchev–Trinajstić information content (AvgIpc) is 2.30. The van der Waals surface area contributed by atoms with Crippen LogP contribution in [0.2, 0.25) is 0 Å². The van der Waals surface area contributed by atoms with Gasteiger partial charge in [0, 0.05) is 16.7 Å². The molecular formula is C14H13BrN. The van der Waals surface area contributed by atoms with E-state index in [0.717, 1.165) is 22.3 Å². The van der Waals surface area contributed by atoms with Gasteiger partial charge in [-0.15, -0.1) is 0 Å². The predicted molar refractivity (Wildman–Crippen MR) is 72.4 cm³/mol. The van der Waals surface area contributed by atoms with Crippen molar-refractivity contribution < 1.29 is 0 Å². The van der Waals surface area contributed by atoms with Gasteiger partial charge in [0.2, 0.25) is 0 Å². The van der Waals surface area contributed by atoms with Crippen LogP contribution >= 0.6 is 15.9 Å². The third kappa shape index (κ3) is 2.64. The van der Waals surface area contributed by atoms with E-state index < -0.39 is 0 Å². The van der Waals surface area contributed by atoms with Crippen molar-refractivity contribution in [1.82, 2.24) is 0 Å². The Hall–Kier alpha value is -1.28. The van der Waals surface area contributed by atoms with Crippen LogP contribution in [0.1, 0.15) is 11.1 Å². The van der Waals surface area contributed by atoms with Crippen LogP contribution in [0.3, 0.4) is 0 Å². The highest BCUT2D eigenvalue weighted by Crippen LogP contribution is 2.19. The largest absolute Gasteiger partial charge is 0.381 e. The predicted octanol–water partition coefficient (Wildman–Crippen LogP) is 4.24. The second-order valence-corrected chi connectivity index (χ2v) is 4.46. The number of nitrogens with one attached hydrogen (secondary N) is 1. The number of hydrogen-bond acceptors (Lipinski definition) is 1. The van der Waals surface area contributed by atoms with Crippen LogP contribution in [-0.4, -0.2) is 0 Å². The third-order valence-corrected chi connectivity index (χ3v) is 3.22. The molecule has 1 nitrogen and oxygen atoms in total. The summed E-state index contributed by atoms with van der Waals surface area (Å²) in [6.45, 7) is 4.78. The Morgan fingerprint density at radius 3 is 2.44 bits per heavy atom. The van der Waals surface area contributed by atoms with Gasteiger partial charge in [-0.3, -0.25) is 0 Å². The quantitative estimate of drug-likeness (QED) is 0.883. The fourth-order valence-corrected chi connectivity index (χ4v) is 1.95. The number of para-hydroxylation sites is 1. The maximum atomic E-state index is 3.98. The standard InChI is InChI=1S/C14H13BrN/c1-11-6-2-5-9-14(11)16-10-12-7-3-4-8-13(12)15/h2-9,16H,1,10H2. The fraction of sp³-hybridized carbons (Fsp3) is 0.0714. The Kier molecular flexibility index (Phi) is 3.62. The third-order valence-electron chi connectivity index (χ3n) is 2.44. The molecule has 2 heteroatoms. The molecule has 81 valence electrons. The molecule has 0 amide bonds. The Morgan fingerprint density at radius 1 is 1.00 bits per heavy atom. The molecule has 1 N–H and O–H groups in total. The van der Waals surface area contributed by atoms with E-state index in [4.69, 9.17) is 0 Å². The van der Waals surface area contributed by atoms with Gasteiger partial charge >= 0.3 is 0 Å². The zero-order chi connectivity index (χ0) is 11.4. The van der Waals surface area contributed by atoms with Gasteiger partial charge in [-0.25, -0.2) is 0 Å². The molecule has 0 unspecified atom stereocenters. The first-order chi connectivity index (χ1) is 7.77. The first-order valence-corrected chi connectivity index (χ1v) is 5.95. The first-order valence-electron chi connectivity index (χ1n) is 5.15. The highest BCUT2D eigenvalue weighted by atomic mass is 79.9. The van der Waals surface area contributed by atoms with Crippen molar-refractivity contribution in [3.05, 3.63) is 71.1 Å². The SMILES string of the molecule is [CH2]c1ccccc1NCc1ccccc1Br. The normalized spacial score (nSPS) is 10.1. The second-order valence-electron chi connectivity index (χ2n) is 3.60. The van der Waals surface area contributed by atoms with Crippen LogP contribution in [0.4, 0.5) is 5.69 Å². The van der Waals surface area contributed by atoms with Crippen molar-refractivity contribution in [1.29, 1.82) is 0 Å². The molecule has 0 aliphatic rings. The summed E-state index contributed by atoms with van der Waals surface area (Å²) in [5.41, 5.74) is 3.35. The number of anilines is 1. The van der Waals surface area contributed by atoms with E-state index in [1.807, 2.05) is 42.5 Å². The van der Waals surface area contributed by atoms with Gasteiger partial charge in [0.05, 0.1) is 0 Å². The summed E-state index contributed by atoms with van der Waals surface area (Å²) in [6, 6.07) is 16.3. The molecule has 0 fully saturated rings. The van der Waals surface area contributed by atoms with Gasteiger partial charge in [0.25, 0.3) is 0 Å². The van der Waals surface area contributed by atoms with Gasteiger partial charge in [-0.1, -0.05) is 52.3 Å². The minimum Gasteiger partial charge on any atom is -0.381 e. The van der Waals surface area contributed by atoms with Crippen LogP contribution in [0, 0.1) is 6.92 Å². The summed E-state index contributed by atoms with van der Waals surface area (Å²) in [5.74, 6) is 0. The molecule has 0 aliphatic heterocycles. The van der Waals surface area contributed by atoms with Crippen molar-refractivity contribution in [2.75, 3.05) is 5.32 Å². The summed E-state index contributed by atoms with van der Waals surface area (Å²) in [6.07, 6.45) is 0. The van der Waals surface area contributed by atoms with Crippen molar-refractivity contribution in [3.63, 3.8) is 0 Å². The van der Waals surface area contributed by atoms with Crippen molar-refractivity contribution >= 4 is 21.6 Å². The van der Waals surface area contributed by atoms with Crippen LogP contribution in [0.25, 0.3) is 0 Å². The lowest BCUT2D eigenvalue weighted by atomic mass is 10.2. The number of halogens is 1. The van der Waals surface area contributed by atoms with Crippen molar-refractivity contribution in [2.24, 2.45) is 0 Å². The number of rotatable bonds is 3. The highest BCUT2D eigenvalue weighted by molar-refractivity contribution is 9.10. The lowest BCUT2D eigenvalue weighted by molar-refractivity contribution is 1.13. The zero-order valence-corrected chi connectivity index (χ0v) is 10.5. The molecule has 0 aromatic heterocycles. The van der Waals surface area contributed by atoms with E-state index in [0.29, 0.717) is 0 Å². The molecule has 0 heterocycles. The van der Waals surface area contributed by atoms with Gasteiger partial charge in [0.1, 0.15) is 0 Å². The van der Waals surface area contributed by atoms with Crippen molar-refractivity contribution in [3.8, 4) is 0 Å². The minimum absolute atomic E-state index is 0.800. The van der Waals surface area contributed by atoms with E-state index in [2.05, 4.69) is 34.2 Å². The Morgan fingerprint density at radius 2 is 1.69 bits per heavy atom. The van der Waals surface area contributed by atoms with Crippen LogP contribution in [0.15, 0.2) is 53.0 Å². The summed E-state index contributed by atoms with van der Waals surface area (Å²) in [5, 5.41) is 3.38. The molecule has 0 spiro atoms. The average molecular weight is 275 g/mol. The smallest absolute Gasteiger partial charge is 0.0412 e. The maximum Gasteiger partial charge on any atom is 0.0412 e. The van der Waals surface area contributed by atoms with Gasteiger partial charge < -0.3 is 5.32 Å². The van der Waals surface area contributed by atoms with E-state index in [-0.39, 0.29) is 0 Å². The summed E-state index contributed by atoms with van der Waals surface area (Å²) < 4.78 is 1.13. The van der Waals surface area contributed by atoms with E-state index >= 15 is 0 Å². The topological polar surface area (TPSA) is 12.0 Å². The molecule has 0 aliphatic carbocycles. The molecular weight excluding hydrogens is 262 g/mol. The first kappa shape index (κ1) is 11.2. The lowest BCUT2D eigenvalue weighted by Gasteiger charge is -2.10. The minimum atomic E-state index is 0.800. The Bertz CT molecular complexity index is 434. The Balaban J connectivity index is 2.09. The molecule has 2 rings (SSSR count). The lowest BCUT2D eigenvalue weighted by Crippen LogP contribution is -2.01. The van der Waals surface area contributed by atoms with Crippen LogP contribution in [-0.2, 0) is 6.54 Å². The van der Waals surface area contributed by atoms with E-state index in [1.165, 1.54) is 5.56 Å². The Labute approximate surface area is 105 Å². The van der Waals surface area contributed by atoms with Gasteiger partial charge in [-0.05, 0) is 30.2 Å². The molecule has 16 heavy (non-hydrogen) atoms. The van der Waals surface area contributed by atoms with Gasteiger partial charge in [-0.2, -0.15) is 0 Å². The number of hydrogen-bond donors (Lipinski definition) is 1. The van der Waals surface area contributed by atoms with Crippen LogP contribution in [0.5, 0.6) is 0 Å². The number of benzene rings is 2. The summed E-state index contributed by atoms with van der Waals surface area (Å²) in [4.78, 5) is 0. The molecule has 1 radical (unpaired) electrons. The van der Waals surface area contributed by atoms with Gasteiger partial charge in [0.15, 0.2) is 0 Å². The second kappa shape index (κ2) is 5.17. The molecule has 0 saturated carbocycles. The maximum absolute atomic E-state index is 3.98. The monoisotopic (exact) mass is 274 g/mol.